The van der Waals surface area contributed by atoms with Crippen LogP contribution in [0.25, 0.3) is 0 Å². The summed E-state index contributed by atoms with van der Waals surface area (Å²) in [6.07, 6.45) is 0.892. The van der Waals surface area contributed by atoms with E-state index in [1.165, 1.54) is 0 Å². The Hall–Kier alpha value is 0.123. The van der Waals surface area contributed by atoms with Crippen molar-refractivity contribution in [2.24, 2.45) is 0 Å². The van der Waals surface area contributed by atoms with Crippen LogP contribution in [0, 0.1) is 6.58 Å². The average Bonchev–Trinajstić information content (AvgIpc) is 1.93. The van der Waals surface area contributed by atoms with Crippen LogP contribution in [0.3, 0.4) is 0 Å². The molecule has 0 aliphatic heterocycles. The van der Waals surface area contributed by atoms with Gasteiger partial charge in [-0.25, -0.2) is 0 Å². The van der Waals surface area contributed by atoms with Gasteiger partial charge in [0.2, 0.25) is 0 Å². The third-order valence-electron chi connectivity index (χ3n) is 0.423. The van der Waals surface area contributed by atoms with Crippen molar-refractivity contribution in [2.45, 2.75) is 6.92 Å². The van der Waals surface area contributed by atoms with E-state index in [9.17, 15) is 4.79 Å². The topological polar surface area (TPSA) is 26.3 Å². The zero-order chi connectivity index (χ0) is 7.70. The van der Waals surface area contributed by atoms with Gasteiger partial charge >= 0.3 is 27.0 Å². The fourth-order valence-electron chi connectivity index (χ4n) is 0.190. The van der Waals surface area contributed by atoms with Crippen LogP contribution < -0.4 is 0 Å². The molecule has 0 radical (unpaired) electrons. The van der Waals surface area contributed by atoms with Crippen LogP contribution in [0.5, 0.6) is 0 Å². The predicted molar refractivity (Wildman–Crippen MR) is 31.4 cm³/mol. The van der Waals surface area contributed by atoms with Gasteiger partial charge in [0.1, 0.15) is 0 Å². The summed E-state index contributed by atoms with van der Waals surface area (Å²) in [4.78, 5) is 10.0. The Balaban J connectivity index is 0. The first-order valence-corrected chi connectivity index (χ1v) is 6.19. The van der Waals surface area contributed by atoms with E-state index in [1.807, 2.05) is 0 Å². The number of rotatable bonds is 2. The zero-order valence-corrected chi connectivity index (χ0v) is 8.99. The molecule has 0 aromatic rings. The summed E-state index contributed by atoms with van der Waals surface area (Å²) >= 11 is 0.847. The quantitative estimate of drug-likeness (QED) is 0.290. The van der Waals surface area contributed by atoms with Crippen molar-refractivity contribution in [3.63, 3.8) is 0 Å². The molecule has 0 aromatic heterocycles. The van der Waals surface area contributed by atoms with Crippen LogP contribution in [0.15, 0.2) is 6.08 Å². The van der Waals surface area contributed by atoms with Gasteiger partial charge in [0.05, 0.1) is 6.61 Å². The Morgan fingerprint density at radius 1 is 1.89 bits per heavy atom. The summed E-state index contributed by atoms with van der Waals surface area (Å²) in [5.74, 6) is -0.470. The molecule has 9 heavy (non-hydrogen) atoms. The minimum atomic E-state index is -0.470. The maximum absolute atomic E-state index is 10.0. The molecule has 0 spiro atoms. The molecule has 2 nitrogen and oxygen atoms in total. The SMILES string of the molecule is [CH-]=CC(=O)OCC.[Cl][Zn+]. The third-order valence-corrected chi connectivity index (χ3v) is 0.423. The number of halogens is 1. The van der Waals surface area contributed by atoms with Crippen LogP contribution in [-0.2, 0) is 26.8 Å². The Labute approximate surface area is 68.9 Å². The summed E-state index contributed by atoms with van der Waals surface area (Å²) in [7, 11) is 4.76. The maximum atomic E-state index is 10.0. The van der Waals surface area contributed by atoms with Crippen LogP contribution in [0.1, 0.15) is 6.92 Å². The molecule has 0 rings (SSSR count). The van der Waals surface area contributed by atoms with E-state index in [4.69, 9.17) is 16.3 Å². The summed E-state index contributed by atoms with van der Waals surface area (Å²) in [6.45, 7) is 6.86. The first kappa shape index (κ1) is 11.9. The van der Waals surface area contributed by atoms with Crippen molar-refractivity contribution < 1.29 is 26.8 Å². The van der Waals surface area contributed by atoms with Crippen molar-refractivity contribution in [1.82, 2.24) is 0 Å². The summed E-state index contributed by atoms with van der Waals surface area (Å²) in [5, 5.41) is 0. The number of carbonyl (C=O) groups is 1. The second-order valence-electron chi connectivity index (χ2n) is 0.919. The number of carbonyl (C=O) groups excluding carboxylic acids is 1. The molecule has 0 saturated heterocycles. The van der Waals surface area contributed by atoms with E-state index in [-0.39, 0.29) is 0 Å². The van der Waals surface area contributed by atoms with Gasteiger partial charge in [0, 0.05) is 0 Å². The molecule has 0 amide bonds. The molecular weight excluding hydrogens is 193 g/mol. The second kappa shape index (κ2) is 11.0. The third kappa shape index (κ3) is 11.6. The van der Waals surface area contributed by atoms with Crippen LogP contribution in [-0.4, -0.2) is 12.6 Å². The first-order chi connectivity index (χ1) is 4.31. The molecule has 0 aromatic carbocycles. The summed E-state index contributed by atoms with van der Waals surface area (Å²) < 4.78 is 4.37. The molecule has 0 saturated carbocycles. The molecule has 0 unspecified atom stereocenters. The molecule has 0 atom stereocenters. The number of esters is 1. The normalized spacial score (nSPS) is 6.67. The van der Waals surface area contributed by atoms with E-state index in [2.05, 4.69) is 4.74 Å². The molecule has 0 fully saturated rings. The van der Waals surface area contributed by atoms with Gasteiger partial charge in [0.15, 0.2) is 5.97 Å². The van der Waals surface area contributed by atoms with Gasteiger partial charge in [-0.05, 0) is 6.92 Å². The molecule has 0 aliphatic carbocycles. The van der Waals surface area contributed by atoms with Crippen molar-refractivity contribution in [3.8, 4) is 0 Å². The fourth-order valence-corrected chi connectivity index (χ4v) is 0.190. The van der Waals surface area contributed by atoms with E-state index < -0.39 is 5.97 Å². The standard InChI is InChI=1S/C5H7O2.ClH.Zn/c1-3-5(6)7-4-2;;/h1,3H,4H2,2H3;1H;/q-1;;+2/p-1. The van der Waals surface area contributed by atoms with Gasteiger partial charge < -0.3 is 9.53 Å². The van der Waals surface area contributed by atoms with E-state index in [0.29, 0.717) is 6.61 Å². The monoisotopic (exact) mass is 198 g/mol. The minimum absolute atomic E-state index is 0.381. The van der Waals surface area contributed by atoms with E-state index in [1.54, 1.807) is 6.92 Å². The fraction of sp³-hybridized carbons (Fsp3) is 0.400. The molecule has 0 aliphatic rings. The molecule has 0 bridgehead atoms. The first-order valence-electron chi connectivity index (χ1n) is 2.29. The van der Waals surface area contributed by atoms with Crippen molar-refractivity contribution in [2.75, 3.05) is 6.61 Å². The van der Waals surface area contributed by atoms with Gasteiger partial charge in [-0.2, -0.15) is 6.08 Å². The van der Waals surface area contributed by atoms with E-state index >= 15 is 0 Å². The summed E-state index contributed by atoms with van der Waals surface area (Å²) in [5.41, 5.74) is 0. The van der Waals surface area contributed by atoms with E-state index in [0.717, 1.165) is 23.4 Å². The van der Waals surface area contributed by atoms with Gasteiger partial charge in [-0.3, -0.25) is 6.58 Å². The Morgan fingerprint density at radius 2 is 2.33 bits per heavy atom. The molecule has 4 heteroatoms. The van der Waals surface area contributed by atoms with Gasteiger partial charge in [-0.1, -0.05) is 0 Å². The Bertz CT molecular complexity index is 85.0. The van der Waals surface area contributed by atoms with Crippen LogP contribution >= 0.6 is 9.69 Å². The molecular formula is C5H7ClO2Zn. The number of hydrogen-bond acceptors (Lipinski definition) is 2. The number of ether oxygens (including phenoxy) is 1. The van der Waals surface area contributed by atoms with Crippen molar-refractivity contribution in [3.05, 3.63) is 12.7 Å². The van der Waals surface area contributed by atoms with Gasteiger partial charge in [-0.15, -0.1) is 0 Å². The Kier molecular flexibility index (Phi) is 14.5. The zero-order valence-electron chi connectivity index (χ0n) is 5.26. The second-order valence-corrected chi connectivity index (χ2v) is 0.919. The van der Waals surface area contributed by atoms with Gasteiger partial charge in [0.25, 0.3) is 0 Å². The van der Waals surface area contributed by atoms with Crippen LogP contribution in [0.4, 0.5) is 0 Å². The van der Waals surface area contributed by atoms with Crippen molar-refractivity contribution >= 4 is 15.7 Å². The number of hydrogen-bond donors (Lipinski definition) is 0. The summed E-state index contributed by atoms with van der Waals surface area (Å²) in [6, 6.07) is 0. The molecule has 0 heterocycles. The van der Waals surface area contributed by atoms with Crippen molar-refractivity contribution in [1.29, 1.82) is 0 Å². The molecule has 0 N–H and O–H groups in total. The molecule has 48 valence electrons. The van der Waals surface area contributed by atoms with Crippen LogP contribution in [0.2, 0.25) is 0 Å². The average molecular weight is 200 g/mol. The Morgan fingerprint density at radius 3 is 2.44 bits per heavy atom. The predicted octanol–water partition coefficient (Wildman–Crippen LogP) is 1.23.